The number of fused-ring (bicyclic) bond motifs is 1. The maximum atomic E-state index is 13.4. The van der Waals surface area contributed by atoms with Gasteiger partial charge in [-0.3, -0.25) is 9.69 Å². The Morgan fingerprint density at radius 3 is 2.54 bits per heavy atom. The average Bonchev–Trinajstić information content (AvgIpc) is 2.74. The summed E-state index contributed by atoms with van der Waals surface area (Å²) in [4.78, 5) is 16.7. The van der Waals surface area contributed by atoms with Crippen LogP contribution in [-0.4, -0.2) is 49.0 Å². The molecular weight excluding hydrogens is 355 g/mol. The molecule has 0 unspecified atom stereocenters. The van der Waals surface area contributed by atoms with Gasteiger partial charge in [-0.15, -0.1) is 0 Å². The Bertz CT molecular complexity index is 997. The first kappa shape index (κ1) is 18.4. The number of rotatable bonds is 4. The van der Waals surface area contributed by atoms with Gasteiger partial charge in [-0.2, -0.15) is 0 Å². The molecule has 0 radical (unpaired) electrons. The summed E-state index contributed by atoms with van der Waals surface area (Å²) in [5.41, 5.74) is 1.58. The van der Waals surface area contributed by atoms with E-state index in [9.17, 15) is 9.18 Å². The Morgan fingerprint density at radius 1 is 1.00 bits per heavy atom. The number of carbonyl (C=O) groups excluding carboxylic acids is 1. The van der Waals surface area contributed by atoms with Crippen LogP contribution in [0.5, 0.6) is 5.75 Å². The lowest BCUT2D eigenvalue weighted by atomic mass is 10.0. The van der Waals surface area contributed by atoms with E-state index in [0.717, 1.165) is 25.4 Å². The van der Waals surface area contributed by atoms with E-state index in [-0.39, 0.29) is 11.7 Å². The number of hydrogen-bond acceptors (Lipinski definition) is 3. The number of amides is 1. The highest BCUT2D eigenvalue weighted by molar-refractivity contribution is 5.94. The van der Waals surface area contributed by atoms with Gasteiger partial charge in [-0.1, -0.05) is 36.4 Å². The molecule has 1 amide bonds. The van der Waals surface area contributed by atoms with E-state index in [0.29, 0.717) is 18.7 Å². The maximum Gasteiger partial charge on any atom is 0.254 e. The number of methoxy groups -OCH3 is 1. The molecule has 3 aromatic rings. The molecule has 0 aromatic heterocycles. The molecule has 0 aliphatic carbocycles. The predicted octanol–water partition coefficient (Wildman–Crippen LogP) is 3.95. The van der Waals surface area contributed by atoms with Gasteiger partial charge in [0.2, 0.25) is 0 Å². The average molecular weight is 378 g/mol. The van der Waals surface area contributed by atoms with E-state index in [4.69, 9.17) is 4.74 Å². The van der Waals surface area contributed by atoms with Crippen molar-refractivity contribution in [3.05, 3.63) is 77.6 Å². The highest BCUT2D eigenvalue weighted by atomic mass is 19.1. The molecule has 0 atom stereocenters. The third-order valence-corrected chi connectivity index (χ3v) is 5.33. The molecule has 1 aliphatic heterocycles. The molecule has 1 aliphatic rings. The Morgan fingerprint density at radius 2 is 1.79 bits per heavy atom. The van der Waals surface area contributed by atoms with Crippen LogP contribution in [0.2, 0.25) is 0 Å². The quantitative estimate of drug-likeness (QED) is 0.689. The van der Waals surface area contributed by atoms with Gasteiger partial charge in [0.05, 0.1) is 7.11 Å². The second-order valence-electron chi connectivity index (χ2n) is 7.05. The summed E-state index contributed by atoms with van der Waals surface area (Å²) in [6, 6.07) is 18.3. The zero-order valence-corrected chi connectivity index (χ0v) is 15.9. The molecule has 1 fully saturated rings. The molecular formula is C23H23FN2O2. The maximum absolute atomic E-state index is 13.4. The number of hydrogen-bond donors (Lipinski definition) is 0. The lowest BCUT2D eigenvalue weighted by Crippen LogP contribution is -2.48. The molecule has 0 saturated carbocycles. The van der Waals surface area contributed by atoms with Gasteiger partial charge in [-0.25, -0.2) is 4.39 Å². The van der Waals surface area contributed by atoms with Crippen LogP contribution in [0.15, 0.2) is 60.7 Å². The first-order chi connectivity index (χ1) is 13.7. The van der Waals surface area contributed by atoms with E-state index in [1.54, 1.807) is 24.1 Å². The van der Waals surface area contributed by atoms with Crippen molar-refractivity contribution in [2.45, 2.75) is 6.54 Å². The van der Waals surface area contributed by atoms with Crippen molar-refractivity contribution in [3.8, 4) is 5.75 Å². The van der Waals surface area contributed by atoms with E-state index in [1.807, 2.05) is 18.2 Å². The fourth-order valence-corrected chi connectivity index (χ4v) is 3.81. The summed E-state index contributed by atoms with van der Waals surface area (Å²) in [6.45, 7) is 3.57. The lowest BCUT2D eigenvalue weighted by molar-refractivity contribution is 0.0627. The SMILES string of the molecule is COc1ccc2ccccc2c1CN1CCN(C(=O)c2cccc(F)c2)CC1. The van der Waals surface area contributed by atoms with Crippen LogP contribution in [0.4, 0.5) is 4.39 Å². The predicted molar refractivity (Wildman–Crippen MR) is 108 cm³/mol. The molecule has 28 heavy (non-hydrogen) atoms. The first-order valence-electron chi connectivity index (χ1n) is 9.47. The van der Waals surface area contributed by atoms with Crippen molar-refractivity contribution in [3.63, 3.8) is 0 Å². The van der Waals surface area contributed by atoms with Gasteiger partial charge in [-0.05, 0) is 35.0 Å². The van der Waals surface area contributed by atoms with Gasteiger partial charge in [0.15, 0.2) is 0 Å². The molecule has 3 aromatic carbocycles. The Labute approximate surface area is 164 Å². The molecule has 1 heterocycles. The summed E-state index contributed by atoms with van der Waals surface area (Å²) in [5, 5.41) is 2.39. The van der Waals surface area contributed by atoms with Crippen molar-refractivity contribution in [2.24, 2.45) is 0 Å². The van der Waals surface area contributed by atoms with E-state index < -0.39 is 0 Å². The largest absolute Gasteiger partial charge is 0.496 e. The molecule has 144 valence electrons. The molecule has 1 saturated heterocycles. The zero-order valence-electron chi connectivity index (χ0n) is 15.9. The Hall–Kier alpha value is -2.92. The molecule has 4 rings (SSSR count). The molecule has 4 nitrogen and oxygen atoms in total. The van der Waals surface area contributed by atoms with Crippen LogP contribution >= 0.6 is 0 Å². The van der Waals surface area contributed by atoms with E-state index in [2.05, 4.69) is 23.1 Å². The van der Waals surface area contributed by atoms with Crippen LogP contribution in [0.1, 0.15) is 15.9 Å². The highest BCUT2D eigenvalue weighted by Crippen LogP contribution is 2.29. The van der Waals surface area contributed by atoms with Crippen LogP contribution < -0.4 is 4.74 Å². The number of halogens is 1. The van der Waals surface area contributed by atoms with Crippen molar-refractivity contribution in [2.75, 3.05) is 33.3 Å². The van der Waals surface area contributed by atoms with Gasteiger partial charge in [0.1, 0.15) is 11.6 Å². The van der Waals surface area contributed by atoms with E-state index >= 15 is 0 Å². The summed E-state index contributed by atoms with van der Waals surface area (Å²) in [6.07, 6.45) is 0. The van der Waals surface area contributed by atoms with Crippen LogP contribution in [-0.2, 0) is 6.54 Å². The van der Waals surface area contributed by atoms with Gasteiger partial charge < -0.3 is 9.64 Å². The standard InChI is InChI=1S/C23H23FN2O2/c1-28-22-10-9-17-5-2-3-8-20(17)21(22)16-25-11-13-26(14-12-25)23(27)18-6-4-7-19(24)15-18/h2-10,15H,11-14,16H2,1H3. The molecule has 0 spiro atoms. The zero-order chi connectivity index (χ0) is 19.5. The number of benzene rings is 3. The Balaban J connectivity index is 1.46. The second-order valence-corrected chi connectivity index (χ2v) is 7.05. The summed E-state index contributed by atoms with van der Waals surface area (Å²) < 4.78 is 19.0. The summed E-state index contributed by atoms with van der Waals surface area (Å²) >= 11 is 0. The molecule has 5 heteroatoms. The fourth-order valence-electron chi connectivity index (χ4n) is 3.81. The normalized spacial score (nSPS) is 15.0. The third kappa shape index (κ3) is 3.71. The number of carbonyl (C=O) groups is 1. The molecule has 0 N–H and O–H groups in total. The van der Waals surface area contributed by atoms with Crippen molar-refractivity contribution in [1.82, 2.24) is 9.80 Å². The minimum absolute atomic E-state index is 0.109. The minimum Gasteiger partial charge on any atom is -0.496 e. The van der Waals surface area contributed by atoms with E-state index in [1.165, 1.54) is 28.5 Å². The number of piperazine rings is 1. The monoisotopic (exact) mass is 378 g/mol. The van der Waals surface area contributed by atoms with Gasteiger partial charge in [0, 0.05) is 43.9 Å². The topological polar surface area (TPSA) is 32.8 Å². The van der Waals surface area contributed by atoms with Crippen molar-refractivity contribution in [1.29, 1.82) is 0 Å². The number of nitrogens with zero attached hydrogens (tertiary/aromatic N) is 2. The van der Waals surface area contributed by atoms with Crippen molar-refractivity contribution >= 4 is 16.7 Å². The summed E-state index contributed by atoms with van der Waals surface area (Å²) in [5.74, 6) is 0.395. The van der Waals surface area contributed by atoms with Crippen LogP contribution in [0.3, 0.4) is 0 Å². The minimum atomic E-state index is -0.382. The van der Waals surface area contributed by atoms with Gasteiger partial charge >= 0.3 is 0 Å². The third-order valence-electron chi connectivity index (χ3n) is 5.33. The van der Waals surface area contributed by atoms with Crippen molar-refractivity contribution < 1.29 is 13.9 Å². The molecule has 0 bridgehead atoms. The second kappa shape index (κ2) is 7.98. The number of ether oxygens (including phenoxy) is 1. The van der Waals surface area contributed by atoms with Crippen LogP contribution in [0.25, 0.3) is 10.8 Å². The lowest BCUT2D eigenvalue weighted by Gasteiger charge is -2.35. The highest BCUT2D eigenvalue weighted by Gasteiger charge is 2.23. The first-order valence-corrected chi connectivity index (χ1v) is 9.47. The fraction of sp³-hybridized carbons (Fsp3) is 0.261. The van der Waals surface area contributed by atoms with Gasteiger partial charge in [0.25, 0.3) is 5.91 Å². The smallest absolute Gasteiger partial charge is 0.254 e. The van der Waals surface area contributed by atoms with Crippen LogP contribution in [0, 0.1) is 5.82 Å². The summed E-state index contributed by atoms with van der Waals surface area (Å²) in [7, 11) is 1.70. The Kier molecular flexibility index (Phi) is 5.26.